The molecule has 166 valence electrons. The minimum absolute atomic E-state index is 0.0153. The summed E-state index contributed by atoms with van der Waals surface area (Å²) in [6, 6.07) is 15.5. The Morgan fingerprint density at radius 2 is 1.67 bits per heavy atom. The molecule has 1 aromatic heterocycles. The van der Waals surface area contributed by atoms with Crippen LogP contribution in [-0.2, 0) is 19.3 Å². The highest BCUT2D eigenvalue weighted by Crippen LogP contribution is 2.27. The van der Waals surface area contributed by atoms with Crippen molar-refractivity contribution in [3.63, 3.8) is 0 Å². The fraction of sp³-hybridized carbons (Fsp3) is 0.250. The Kier molecular flexibility index (Phi) is 7.04. The fourth-order valence-corrected chi connectivity index (χ4v) is 3.97. The maximum atomic E-state index is 15.2. The third-order valence-corrected chi connectivity index (χ3v) is 5.90. The van der Waals surface area contributed by atoms with Crippen LogP contribution < -0.4 is 0 Å². The van der Waals surface area contributed by atoms with Crippen LogP contribution in [0.15, 0.2) is 60.9 Å². The van der Waals surface area contributed by atoms with Gasteiger partial charge >= 0.3 is 0 Å². The maximum absolute atomic E-state index is 15.2. The van der Waals surface area contributed by atoms with Crippen LogP contribution in [0.1, 0.15) is 48.4 Å². The summed E-state index contributed by atoms with van der Waals surface area (Å²) in [6.45, 7) is 2.18. The lowest BCUT2D eigenvalue weighted by Crippen LogP contribution is -1.98. The number of unbranched alkanes of at least 4 members (excludes halogenated alkanes) is 2. The predicted molar refractivity (Wildman–Crippen MR) is 127 cm³/mol. The van der Waals surface area contributed by atoms with E-state index in [0.717, 1.165) is 34.9 Å². The van der Waals surface area contributed by atoms with Gasteiger partial charge in [0.05, 0.1) is 5.56 Å². The standard InChI is InChI=1S/C28H25F2N3/c1-2-3-4-5-20-17-32-28(33-18-20)23-12-13-25-22(15-23)11-10-21(27(25)30)8-6-19-7-9-24(16-31)26(29)14-19/h7,9-15,17-18H,2-6,8H2,1H3. The van der Waals surface area contributed by atoms with Crippen molar-refractivity contribution in [1.29, 1.82) is 5.26 Å². The Morgan fingerprint density at radius 3 is 2.39 bits per heavy atom. The monoisotopic (exact) mass is 441 g/mol. The van der Waals surface area contributed by atoms with E-state index in [1.165, 1.54) is 25.0 Å². The van der Waals surface area contributed by atoms with Crippen molar-refractivity contribution in [2.45, 2.75) is 45.4 Å². The molecule has 0 bridgehead atoms. The zero-order valence-electron chi connectivity index (χ0n) is 18.6. The molecule has 3 aromatic carbocycles. The van der Waals surface area contributed by atoms with Gasteiger partial charge in [-0.25, -0.2) is 18.7 Å². The van der Waals surface area contributed by atoms with Gasteiger partial charge in [-0.05, 0) is 66.0 Å². The number of hydrogen-bond donors (Lipinski definition) is 0. The molecule has 3 nitrogen and oxygen atoms in total. The molecule has 33 heavy (non-hydrogen) atoms. The van der Waals surface area contributed by atoms with Gasteiger partial charge in [-0.1, -0.05) is 50.1 Å². The van der Waals surface area contributed by atoms with Gasteiger partial charge in [0, 0.05) is 23.3 Å². The quantitative estimate of drug-likeness (QED) is 0.278. The summed E-state index contributed by atoms with van der Waals surface area (Å²) in [5, 5.41) is 10.2. The first-order chi connectivity index (χ1) is 16.1. The van der Waals surface area contributed by atoms with E-state index in [-0.39, 0.29) is 11.4 Å². The topological polar surface area (TPSA) is 49.6 Å². The molecule has 0 saturated carbocycles. The first-order valence-electron chi connectivity index (χ1n) is 11.3. The number of hydrogen-bond acceptors (Lipinski definition) is 3. The van der Waals surface area contributed by atoms with E-state index in [4.69, 9.17) is 5.26 Å². The molecule has 0 saturated heterocycles. The average Bonchev–Trinajstić information content (AvgIpc) is 2.84. The van der Waals surface area contributed by atoms with Gasteiger partial charge < -0.3 is 0 Å². The van der Waals surface area contributed by atoms with Gasteiger partial charge in [-0.3, -0.25) is 0 Å². The van der Waals surface area contributed by atoms with Gasteiger partial charge in [0.25, 0.3) is 0 Å². The number of benzene rings is 3. The van der Waals surface area contributed by atoms with E-state index in [2.05, 4.69) is 16.9 Å². The van der Waals surface area contributed by atoms with Gasteiger partial charge in [0.15, 0.2) is 5.82 Å². The number of aryl methyl sites for hydroxylation is 3. The van der Waals surface area contributed by atoms with E-state index < -0.39 is 5.82 Å². The Labute approximate surface area is 192 Å². The van der Waals surface area contributed by atoms with Gasteiger partial charge in [-0.15, -0.1) is 0 Å². The number of aromatic nitrogens is 2. The molecule has 0 aliphatic rings. The van der Waals surface area contributed by atoms with Crippen molar-refractivity contribution in [3.8, 4) is 17.5 Å². The molecular weight excluding hydrogens is 416 g/mol. The Balaban J connectivity index is 1.50. The number of fused-ring (bicyclic) bond motifs is 1. The molecule has 5 heteroatoms. The Bertz CT molecular complexity index is 1310. The second-order valence-electron chi connectivity index (χ2n) is 8.27. The normalized spacial score (nSPS) is 11.0. The highest BCUT2D eigenvalue weighted by Gasteiger charge is 2.11. The van der Waals surface area contributed by atoms with E-state index in [9.17, 15) is 4.39 Å². The van der Waals surface area contributed by atoms with Crippen molar-refractivity contribution >= 4 is 10.8 Å². The van der Waals surface area contributed by atoms with E-state index in [1.54, 1.807) is 18.2 Å². The molecule has 0 aliphatic heterocycles. The molecule has 0 aliphatic carbocycles. The fourth-order valence-electron chi connectivity index (χ4n) is 3.97. The third-order valence-electron chi connectivity index (χ3n) is 5.90. The van der Waals surface area contributed by atoms with Crippen LogP contribution in [0.5, 0.6) is 0 Å². The molecule has 4 aromatic rings. The van der Waals surface area contributed by atoms with E-state index in [0.29, 0.717) is 29.6 Å². The third kappa shape index (κ3) is 5.23. The smallest absolute Gasteiger partial charge is 0.159 e. The van der Waals surface area contributed by atoms with Gasteiger partial charge in [0.2, 0.25) is 0 Å². The van der Waals surface area contributed by atoms with Crippen molar-refractivity contribution in [2.75, 3.05) is 0 Å². The zero-order valence-corrected chi connectivity index (χ0v) is 18.6. The highest BCUT2D eigenvalue weighted by atomic mass is 19.1. The number of rotatable bonds is 8. The summed E-state index contributed by atoms with van der Waals surface area (Å²) in [6.07, 6.45) is 9.17. The molecular formula is C28H25F2N3. The van der Waals surface area contributed by atoms with Gasteiger partial charge in [-0.2, -0.15) is 5.26 Å². The van der Waals surface area contributed by atoms with Crippen LogP contribution in [0.2, 0.25) is 0 Å². The van der Waals surface area contributed by atoms with Crippen LogP contribution in [0.4, 0.5) is 8.78 Å². The second kappa shape index (κ2) is 10.3. The summed E-state index contributed by atoms with van der Waals surface area (Å²) in [4.78, 5) is 9.00. The minimum atomic E-state index is -0.544. The highest BCUT2D eigenvalue weighted by molar-refractivity contribution is 5.87. The minimum Gasteiger partial charge on any atom is -0.236 e. The Hall–Kier alpha value is -3.65. The summed E-state index contributed by atoms with van der Waals surface area (Å²) in [7, 11) is 0. The van der Waals surface area contributed by atoms with Crippen molar-refractivity contribution in [1.82, 2.24) is 9.97 Å². The molecule has 1 heterocycles. The van der Waals surface area contributed by atoms with E-state index in [1.807, 2.05) is 36.7 Å². The number of nitrogens with zero attached hydrogens (tertiary/aromatic N) is 3. The molecule has 0 unspecified atom stereocenters. The molecule has 0 spiro atoms. The largest absolute Gasteiger partial charge is 0.236 e. The van der Waals surface area contributed by atoms with Crippen LogP contribution in [0.3, 0.4) is 0 Å². The molecule has 0 amide bonds. The molecule has 0 radical (unpaired) electrons. The molecule has 0 fully saturated rings. The second-order valence-corrected chi connectivity index (χ2v) is 8.27. The van der Waals surface area contributed by atoms with Crippen LogP contribution >= 0.6 is 0 Å². The van der Waals surface area contributed by atoms with Crippen molar-refractivity contribution in [3.05, 3.63) is 94.8 Å². The lowest BCUT2D eigenvalue weighted by molar-refractivity contribution is 0.616. The maximum Gasteiger partial charge on any atom is 0.159 e. The SMILES string of the molecule is CCCCCc1cnc(-c2ccc3c(F)c(CCc4ccc(C#N)c(F)c4)ccc3c2)nc1. The zero-order chi connectivity index (χ0) is 23.2. The lowest BCUT2D eigenvalue weighted by atomic mass is 9.98. The first-order valence-corrected chi connectivity index (χ1v) is 11.3. The number of nitriles is 1. The van der Waals surface area contributed by atoms with Crippen LogP contribution in [-0.4, -0.2) is 9.97 Å². The molecule has 4 rings (SSSR count). The lowest BCUT2D eigenvalue weighted by Gasteiger charge is -2.09. The average molecular weight is 442 g/mol. The molecule has 0 atom stereocenters. The summed E-state index contributed by atoms with van der Waals surface area (Å²) < 4.78 is 29.0. The van der Waals surface area contributed by atoms with Crippen LogP contribution in [0.25, 0.3) is 22.2 Å². The van der Waals surface area contributed by atoms with Crippen molar-refractivity contribution < 1.29 is 8.78 Å². The summed E-state index contributed by atoms with van der Waals surface area (Å²) in [5.41, 5.74) is 3.31. The van der Waals surface area contributed by atoms with Crippen LogP contribution in [0, 0.1) is 23.0 Å². The summed E-state index contributed by atoms with van der Waals surface area (Å²) >= 11 is 0. The molecule has 0 N–H and O–H groups in total. The van der Waals surface area contributed by atoms with Crippen molar-refractivity contribution in [2.24, 2.45) is 0 Å². The summed E-state index contributed by atoms with van der Waals surface area (Å²) in [5.74, 6) is -0.179. The predicted octanol–water partition coefficient (Wildman–Crippen LogP) is 6.96. The Morgan fingerprint density at radius 1 is 0.848 bits per heavy atom. The first kappa shape index (κ1) is 22.5. The van der Waals surface area contributed by atoms with Gasteiger partial charge in [0.1, 0.15) is 17.7 Å². The van der Waals surface area contributed by atoms with E-state index >= 15 is 4.39 Å². The number of halogens is 2.